The summed E-state index contributed by atoms with van der Waals surface area (Å²) >= 11 is 0. The zero-order chi connectivity index (χ0) is 33.7. The second kappa shape index (κ2) is 14.8. The van der Waals surface area contributed by atoms with E-state index in [1.807, 2.05) is 49.9 Å². The smallest absolute Gasteiger partial charge is 0.407 e. The fourth-order valence-corrected chi connectivity index (χ4v) is 6.33. The van der Waals surface area contributed by atoms with Crippen LogP contribution in [0.4, 0.5) is 4.79 Å². The van der Waals surface area contributed by atoms with E-state index in [2.05, 4.69) is 25.7 Å². The maximum Gasteiger partial charge on any atom is 0.407 e. The largest absolute Gasteiger partial charge is 0.508 e. The average molecular weight is 648 g/mol. The molecular formula is C34H45N7O6. The predicted octanol–water partition coefficient (Wildman–Crippen LogP) is 3.78. The number of aromatic hydroxyl groups is 2. The fourth-order valence-electron chi connectivity index (χ4n) is 6.33. The Morgan fingerprint density at radius 1 is 0.957 bits per heavy atom. The number of aromatic nitrogens is 3. The quantitative estimate of drug-likeness (QED) is 0.271. The minimum absolute atomic E-state index is 0.00240. The highest BCUT2D eigenvalue weighted by Crippen LogP contribution is 2.38. The predicted molar refractivity (Wildman–Crippen MR) is 175 cm³/mol. The number of phenolic OH excluding ortho intramolecular Hbond substituents is 2. The number of nitrogens with one attached hydrogen (secondary N) is 2. The van der Waals surface area contributed by atoms with Crippen LogP contribution in [-0.4, -0.2) is 98.6 Å². The van der Waals surface area contributed by atoms with Crippen LogP contribution in [0.2, 0.25) is 0 Å². The second-order valence-electron chi connectivity index (χ2n) is 12.5. The Hall–Kier alpha value is -4.65. The average Bonchev–Trinajstić information content (AvgIpc) is 3.50. The van der Waals surface area contributed by atoms with Crippen molar-refractivity contribution in [2.24, 2.45) is 5.92 Å². The van der Waals surface area contributed by atoms with Crippen LogP contribution in [0.5, 0.6) is 11.5 Å². The molecule has 0 unspecified atom stereocenters. The lowest BCUT2D eigenvalue weighted by Crippen LogP contribution is -2.47. The van der Waals surface area contributed by atoms with Crippen LogP contribution < -0.4 is 10.6 Å². The zero-order valence-electron chi connectivity index (χ0n) is 27.5. The van der Waals surface area contributed by atoms with Gasteiger partial charge in [0.15, 0.2) is 5.82 Å². The van der Waals surface area contributed by atoms with E-state index in [-0.39, 0.29) is 47.0 Å². The second-order valence-corrected chi connectivity index (χ2v) is 12.5. The van der Waals surface area contributed by atoms with Gasteiger partial charge < -0.3 is 30.5 Å². The van der Waals surface area contributed by atoms with Gasteiger partial charge in [-0.3, -0.25) is 19.1 Å². The van der Waals surface area contributed by atoms with Crippen molar-refractivity contribution in [3.05, 3.63) is 53.3 Å². The third kappa shape index (κ3) is 7.67. The van der Waals surface area contributed by atoms with E-state index in [4.69, 9.17) is 4.74 Å². The highest BCUT2D eigenvalue weighted by molar-refractivity contribution is 5.92. The van der Waals surface area contributed by atoms with Crippen LogP contribution in [0, 0.1) is 5.92 Å². The van der Waals surface area contributed by atoms with Gasteiger partial charge in [-0.2, -0.15) is 0 Å². The summed E-state index contributed by atoms with van der Waals surface area (Å²) in [5, 5.41) is 34.9. The number of rotatable bonds is 9. The number of amides is 3. The number of benzene rings is 2. The maximum absolute atomic E-state index is 13.2. The summed E-state index contributed by atoms with van der Waals surface area (Å²) in [7, 11) is 1.54. The van der Waals surface area contributed by atoms with Gasteiger partial charge in [0.2, 0.25) is 11.7 Å². The summed E-state index contributed by atoms with van der Waals surface area (Å²) in [4.78, 5) is 41.9. The van der Waals surface area contributed by atoms with Crippen LogP contribution in [-0.2, 0) is 16.1 Å². The Morgan fingerprint density at radius 3 is 2.26 bits per heavy atom. The molecule has 5 rings (SSSR count). The molecule has 0 spiro atoms. The summed E-state index contributed by atoms with van der Waals surface area (Å²) in [6.07, 6.45) is 2.32. The number of alkyl carbamates (subject to hydrolysis) is 1. The first-order valence-electron chi connectivity index (χ1n) is 16.4. The van der Waals surface area contributed by atoms with E-state index >= 15 is 0 Å². The van der Waals surface area contributed by atoms with Crippen LogP contribution in [0.15, 0.2) is 36.4 Å². The first kappa shape index (κ1) is 33.7. The molecule has 2 aromatic carbocycles. The van der Waals surface area contributed by atoms with Gasteiger partial charge in [0.05, 0.1) is 5.56 Å². The first-order chi connectivity index (χ1) is 22.6. The summed E-state index contributed by atoms with van der Waals surface area (Å²) in [5.74, 6) is -0.0138. The number of phenols is 2. The SMILES string of the molecule is CCNC(=O)c1nnc(-c2cc(C(C)C)c(O)cc2O)n1-c1ccc(CN2CCC(C(=O)N3CCC(OC(=O)NC)CC3)CC2)cc1. The molecule has 13 heteroatoms. The lowest BCUT2D eigenvalue weighted by atomic mass is 9.93. The van der Waals surface area contributed by atoms with Gasteiger partial charge in [-0.1, -0.05) is 26.0 Å². The summed E-state index contributed by atoms with van der Waals surface area (Å²) in [5.41, 5.74) is 2.74. The van der Waals surface area contributed by atoms with E-state index in [0.717, 1.165) is 38.0 Å². The van der Waals surface area contributed by atoms with Crippen molar-refractivity contribution in [2.45, 2.75) is 65.0 Å². The molecule has 47 heavy (non-hydrogen) atoms. The molecule has 4 N–H and O–H groups in total. The Balaban J connectivity index is 1.25. The van der Waals surface area contributed by atoms with Crippen molar-refractivity contribution in [1.82, 2.24) is 35.2 Å². The van der Waals surface area contributed by atoms with E-state index in [1.165, 1.54) is 13.1 Å². The first-order valence-corrected chi connectivity index (χ1v) is 16.4. The normalized spacial score (nSPS) is 16.3. The fraction of sp³-hybridized carbons (Fsp3) is 0.500. The Bertz CT molecular complexity index is 1570. The van der Waals surface area contributed by atoms with E-state index in [1.54, 1.807) is 10.6 Å². The minimum atomic E-state index is -0.432. The summed E-state index contributed by atoms with van der Waals surface area (Å²) in [6, 6.07) is 10.8. The molecular weight excluding hydrogens is 602 g/mol. The van der Waals surface area contributed by atoms with Crippen LogP contribution >= 0.6 is 0 Å². The molecule has 3 aromatic rings. The maximum atomic E-state index is 13.2. The number of carbonyl (C=O) groups excluding carboxylic acids is 3. The van der Waals surface area contributed by atoms with E-state index in [0.29, 0.717) is 49.3 Å². The lowest BCUT2D eigenvalue weighted by Gasteiger charge is -2.37. The summed E-state index contributed by atoms with van der Waals surface area (Å²) in [6.45, 7) is 9.67. The third-order valence-electron chi connectivity index (χ3n) is 8.98. The number of likely N-dealkylation sites (tertiary alicyclic amines) is 2. The van der Waals surface area contributed by atoms with Gasteiger partial charge in [-0.25, -0.2) is 4.79 Å². The number of hydrogen-bond acceptors (Lipinski definition) is 9. The van der Waals surface area contributed by atoms with Crippen molar-refractivity contribution < 1.29 is 29.3 Å². The molecule has 0 bridgehead atoms. The van der Waals surface area contributed by atoms with Gasteiger partial charge in [0, 0.05) is 63.7 Å². The van der Waals surface area contributed by atoms with Gasteiger partial charge in [0.25, 0.3) is 5.91 Å². The number of hydrogen-bond donors (Lipinski definition) is 4. The zero-order valence-corrected chi connectivity index (χ0v) is 27.5. The van der Waals surface area contributed by atoms with E-state index in [9.17, 15) is 24.6 Å². The van der Waals surface area contributed by atoms with Gasteiger partial charge in [-0.15, -0.1) is 10.2 Å². The van der Waals surface area contributed by atoms with Crippen molar-refractivity contribution in [1.29, 1.82) is 0 Å². The third-order valence-corrected chi connectivity index (χ3v) is 8.98. The van der Waals surface area contributed by atoms with Gasteiger partial charge in [0.1, 0.15) is 17.6 Å². The van der Waals surface area contributed by atoms with Gasteiger partial charge >= 0.3 is 6.09 Å². The monoisotopic (exact) mass is 647 g/mol. The van der Waals surface area contributed by atoms with Crippen molar-refractivity contribution >= 4 is 17.9 Å². The van der Waals surface area contributed by atoms with Crippen LogP contribution in [0.25, 0.3) is 17.1 Å². The molecule has 1 aromatic heterocycles. The van der Waals surface area contributed by atoms with Crippen LogP contribution in [0.3, 0.4) is 0 Å². The van der Waals surface area contributed by atoms with Crippen molar-refractivity contribution in [2.75, 3.05) is 39.8 Å². The van der Waals surface area contributed by atoms with Crippen molar-refractivity contribution in [3.63, 3.8) is 0 Å². The number of piperidine rings is 2. The topological polar surface area (TPSA) is 162 Å². The summed E-state index contributed by atoms with van der Waals surface area (Å²) < 4.78 is 6.97. The number of carbonyl (C=O) groups is 3. The molecule has 0 aliphatic carbocycles. The Kier molecular flexibility index (Phi) is 10.6. The van der Waals surface area contributed by atoms with E-state index < -0.39 is 12.0 Å². The molecule has 3 amide bonds. The standard InChI is InChI=1S/C34H45N7O6/c1-5-36-32(44)31-38-37-30(27-18-26(21(2)3)28(42)19-29(27)43)41(31)24-8-6-22(7-9-24)20-39-14-10-23(11-15-39)33(45)40-16-12-25(13-17-40)47-34(46)35-4/h6-9,18-19,21,23,25,42-43H,5,10-17,20H2,1-4H3,(H,35,46)(H,36,44). The molecule has 3 heterocycles. The molecule has 0 atom stereocenters. The molecule has 2 aliphatic rings. The highest BCUT2D eigenvalue weighted by atomic mass is 16.6. The molecule has 2 aliphatic heterocycles. The van der Waals surface area contributed by atoms with Gasteiger partial charge in [-0.05, 0) is 68.1 Å². The molecule has 2 fully saturated rings. The Morgan fingerprint density at radius 2 is 1.64 bits per heavy atom. The number of nitrogens with zero attached hydrogens (tertiary/aromatic N) is 5. The highest BCUT2D eigenvalue weighted by Gasteiger charge is 2.32. The molecule has 0 radical (unpaired) electrons. The van der Waals surface area contributed by atoms with Crippen molar-refractivity contribution in [3.8, 4) is 28.6 Å². The molecule has 252 valence electrons. The Labute approximate surface area is 274 Å². The molecule has 2 saturated heterocycles. The number of ether oxygens (including phenoxy) is 1. The minimum Gasteiger partial charge on any atom is -0.508 e. The molecule has 0 saturated carbocycles. The van der Waals surface area contributed by atoms with Crippen LogP contribution in [0.1, 0.15) is 74.1 Å². The molecule has 13 nitrogen and oxygen atoms in total. The lowest BCUT2D eigenvalue weighted by molar-refractivity contribution is -0.139.